The number of furan rings is 1. The molecule has 1 heterocycles. The van der Waals surface area contributed by atoms with Crippen molar-refractivity contribution in [3.8, 4) is 44.9 Å². The molecular formula is C38H23BrO. The van der Waals surface area contributed by atoms with E-state index in [4.69, 9.17) is 4.42 Å². The van der Waals surface area contributed by atoms with E-state index in [0.29, 0.717) is 0 Å². The summed E-state index contributed by atoms with van der Waals surface area (Å²) >= 11 is 3.60. The predicted octanol–water partition coefficient (Wildman–Crippen LogP) is 11.6. The molecule has 0 unspecified atom stereocenters. The van der Waals surface area contributed by atoms with Crippen molar-refractivity contribution in [1.29, 1.82) is 0 Å². The first-order valence-corrected chi connectivity index (χ1v) is 14.3. The predicted molar refractivity (Wildman–Crippen MR) is 172 cm³/mol. The van der Waals surface area contributed by atoms with E-state index in [1.54, 1.807) is 0 Å². The van der Waals surface area contributed by atoms with Crippen LogP contribution in [0.3, 0.4) is 0 Å². The third-order valence-corrected chi connectivity index (χ3v) is 8.44. The molecule has 0 amide bonds. The SMILES string of the molecule is Brc1ccc(-c2oc(-c3ccc4ccc5cccc6ccc3c4c56)c(-c3ccccc3)c2-c2ccccc2)cc1. The van der Waals surface area contributed by atoms with Gasteiger partial charge in [-0.15, -0.1) is 0 Å². The molecule has 0 atom stereocenters. The fourth-order valence-corrected chi connectivity index (χ4v) is 6.38. The van der Waals surface area contributed by atoms with Gasteiger partial charge >= 0.3 is 0 Å². The summed E-state index contributed by atoms with van der Waals surface area (Å²) in [6.45, 7) is 0. The second-order valence-electron chi connectivity index (χ2n) is 10.2. The first-order valence-electron chi connectivity index (χ1n) is 13.5. The van der Waals surface area contributed by atoms with Crippen LogP contribution in [0.5, 0.6) is 0 Å². The Balaban J connectivity index is 1.52. The van der Waals surface area contributed by atoms with Gasteiger partial charge in [0.2, 0.25) is 0 Å². The average molecular weight is 576 g/mol. The van der Waals surface area contributed by atoms with Gasteiger partial charge in [0.25, 0.3) is 0 Å². The molecule has 40 heavy (non-hydrogen) atoms. The van der Waals surface area contributed by atoms with Gasteiger partial charge in [-0.3, -0.25) is 0 Å². The van der Waals surface area contributed by atoms with Crippen molar-refractivity contribution in [3.05, 3.63) is 144 Å². The highest BCUT2D eigenvalue weighted by Crippen LogP contribution is 2.50. The van der Waals surface area contributed by atoms with E-state index >= 15 is 0 Å². The molecule has 0 saturated heterocycles. The summed E-state index contributed by atoms with van der Waals surface area (Å²) < 4.78 is 8.08. The van der Waals surface area contributed by atoms with Gasteiger partial charge in [0.1, 0.15) is 11.5 Å². The van der Waals surface area contributed by atoms with Crippen LogP contribution in [0.1, 0.15) is 0 Å². The van der Waals surface area contributed by atoms with E-state index in [-0.39, 0.29) is 0 Å². The summed E-state index contributed by atoms with van der Waals surface area (Å²) in [5.74, 6) is 1.76. The molecule has 0 bridgehead atoms. The fraction of sp³-hybridized carbons (Fsp3) is 0. The summed E-state index contributed by atoms with van der Waals surface area (Å²) in [6, 6.07) is 49.6. The molecule has 0 fully saturated rings. The zero-order chi connectivity index (χ0) is 26.6. The molecule has 1 aromatic heterocycles. The quantitative estimate of drug-likeness (QED) is 0.190. The normalized spacial score (nSPS) is 11.6. The van der Waals surface area contributed by atoms with Gasteiger partial charge in [-0.1, -0.05) is 137 Å². The van der Waals surface area contributed by atoms with Gasteiger partial charge < -0.3 is 4.42 Å². The largest absolute Gasteiger partial charge is 0.455 e. The molecular weight excluding hydrogens is 552 g/mol. The highest BCUT2D eigenvalue weighted by Gasteiger charge is 2.26. The fourth-order valence-electron chi connectivity index (χ4n) is 6.12. The monoisotopic (exact) mass is 574 g/mol. The van der Waals surface area contributed by atoms with Crippen LogP contribution in [-0.2, 0) is 0 Å². The minimum absolute atomic E-state index is 0.873. The molecule has 0 spiro atoms. The van der Waals surface area contributed by atoms with E-state index < -0.39 is 0 Å². The maximum Gasteiger partial charge on any atom is 0.143 e. The number of hydrogen-bond acceptors (Lipinski definition) is 1. The molecule has 0 N–H and O–H groups in total. The van der Waals surface area contributed by atoms with Crippen LogP contribution >= 0.6 is 15.9 Å². The molecule has 8 rings (SSSR count). The molecule has 0 aliphatic carbocycles. The van der Waals surface area contributed by atoms with E-state index in [0.717, 1.165) is 49.4 Å². The minimum Gasteiger partial charge on any atom is -0.455 e. The van der Waals surface area contributed by atoms with Crippen molar-refractivity contribution in [2.45, 2.75) is 0 Å². The standard InChI is InChI=1S/C38H23BrO/c39-30-20-16-29(17-21-30)37-35(24-8-3-1-4-9-24)36(25-10-5-2-6-11-25)38(40-37)32-23-19-28-15-14-26-12-7-13-27-18-22-31(32)34(28)33(26)27/h1-23H. The van der Waals surface area contributed by atoms with Crippen LogP contribution in [-0.4, -0.2) is 0 Å². The Morgan fingerprint density at radius 2 is 0.950 bits per heavy atom. The summed E-state index contributed by atoms with van der Waals surface area (Å²) in [5.41, 5.74) is 6.63. The maximum absolute atomic E-state index is 7.04. The average Bonchev–Trinajstić information content (AvgIpc) is 3.41. The lowest BCUT2D eigenvalue weighted by atomic mass is 9.88. The van der Waals surface area contributed by atoms with Gasteiger partial charge in [-0.25, -0.2) is 0 Å². The molecule has 0 aliphatic heterocycles. The summed E-state index contributed by atoms with van der Waals surface area (Å²) in [4.78, 5) is 0. The van der Waals surface area contributed by atoms with Crippen molar-refractivity contribution >= 4 is 48.2 Å². The highest BCUT2D eigenvalue weighted by atomic mass is 79.9. The van der Waals surface area contributed by atoms with Gasteiger partial charge in [0.05, 0.1) is 0 Å². The Morgan fingerprint density at radius 3 is 1.60 bits per heavy atom. The van der Waals surface area contributed by atoms with Crippen LogP contribution < -0.4 is 0 Å². The van der Waals surface area contributed by atoms with Crippen molar-refractivity contribution in [1.82, 2.24) is 0 Å². The minimum atomic E-state index is 0.873. The lowest BCUT2D eigenvalue weighted by Gasteiger charge is -2.14. The number of hydrogen-bond donors (Lipinski definition) is 0. The van der Waals surface area contributed by atoms with Crippen molar-refractivity contribution < 1.29 is 4.42 Å². The van der Waals surface area contributed by atoms with Crippen LogP contribution in [0.15, 0.2) is 148 Å². The molecule has 8 aromatic rings. The Kier molecular flexibility index (Phi) is 5.36. The summed E-state index contributed by atoms with van der Waals surface area (Å²) in [5, 5.41) is 7.56. The lowest BCUT2D eigenvalue weighted by Crippen LogP contribution is -1.88. The third kappa shape index (κ3) is 3.61. The van der Waals surface area contributed by atoms with Crippen LogP contribution in [0.2, 0.25) is 0 Å². The molecule has 1 nitrogen and oxygen atoms in total. The lowest BCUT2D eigenvalue weighted by molar-refractivity contribution is 0.599. The highest BCUT2D eigenvalue weighted by molar-refractivity contribution is 9.10. The smallest absolute Gasteiger partial charge is 0.143 e. The zero-order valence-electron chi connectivity index (χ0n) is 21.6. The van der Waals surface area contributed by atoms with Gasteiger partial charge in [0.15, 0.2) is 0 Å². The van der Waals surface area contributed by atoms with Crippen molar-refractivity contribution in [2.75, 3.05) is 0 Å². The van der Waals surface area contributed by atoms with Crippen LogP contribution in [0, 0.1) is 0 Å². The van der Waals surface area contributed by atoms with Crippen LogP contribution in [0.25, 0.3) is 77.2 Å². The molecule has 7 aromatic carbocycles. The van der Waals surface area contributed by atoms with E-state index in [9.17, 15) is 0 Å². The number of halogens is 1. The Labute approximate surface area is 240 Å². The Hall–Kier alpha value is -4.66. The molecule has 0 radical (unpaired) electrons. The van der Waals surface area contributed by atoms with E-state index in [1.165, 1.54) is 32.3 Å². The topological polar surface area (TPSA) is 13.1 Å². The van der Waals surface area contributed by atoms with E-state index in [1.807, 2.05) is 0 Å². The molecule has 0 saturated carbocycles. The summed E-state index contributed by atoms with van der Waals surface area (Å²) in [7, 11) is 0. The molecule has 2 heteroatoms. The Morgan fingerprint density at radius 1 is 0.400 bits per heavy atom. The molecule has 0 aliphatic rings. The third-order valence-electron chi connectivity index (χ3n) is 7.91. The van der Waals surface area contributed by atoms with Gasteiger partial charge in [-0.05, 0) is 61.6 Å². The van der Waals surface area contributed by atoms with Crippen molar-refractivity contribution in [3.63, 3.8) is 0 Å². The first kappa shape index (κ1) is 23.2. The van der Waals surface area contributed by atoms with Crippen molar-refractivity contribution in [2.24, 2.45) is 0 Å². The number of benzene rings is 7. The zero-order valence-corrected chi connectivity index (χ0v) is 23.2. The number of rotatable bonds is 4. The maximum atomic E-state index is 7.04. The van der Waals surface area contributed by atoms with E-state index in [2.05, 4.69) is 155 Å². The van der Waals surface area contributed by atoms with Gasteiger partial charge in [-0.2, -0.15) is 0 Å². The Bertz CT molecular complexity index is 2120. The van der Waals surface area contributed by atoms with Crippen LogP contribution in [0.4, 0.5) is 0 Å². The summed E-state index contributed by atoms with van der Waals surface area (Å²) in [6.07, 6.45) is 0. The second-order valence-corrected chi connectivity index (χ2v) is 11.1. The second kappa shape index (κ2) is 9.22. The molecule has 188 valence electrons. The first-order chi connectivity index (χ1) is 19.8. The van der Waals surface area contributed by atoms with Gasteiger partial charge in [0, 0.05) is 26.7 Å².